The Balaban J connectivity index is 1.59. The van der Waals surface area contributed by atoms with Crippen LogP contribution in [0.5, 0.6) is 0 Å². The molecule has 0 saturated carbocycles. The monoisotopic (exact) mass is 462 g/mol. The summed E-state index contributed by atoms with van der Waals surface area (Å²) in [5.74, 6) is -2.18. The molecule has 3 aromatic rings. The zero-order valence-electron chi connectivity index (χ0n) is 18.0. The van der Waals surface area contributed by atoms with Gasteiger partial charge >= 0.3 is 17.9 Å². The Kier molecular flexibility index (Phi) is 7.31. The van der Waals surface area contributed by atoms with Crippen molar-refractivity contribution < 1.29 is 38.4 Å². The summed E-state index contributed by atoms with van der Waals surface area (Å²) < 4.78 is 21.9. The van der Waals surface area contributed by atoms with E-state index >= 15 is 0 Å². The highest BCUT2D eigenvalue weighted by Gasteiger charge is 2.47. The fraction of sp³-hybridized carbons (Fsp3) is 0.192. The van der Waals surface area contributed by atoms with Crippen LogP contribution >= 0.6 is 0 Å². The molecule has 0 aliphatic carbocycles. The molecular formula is C26H22O8. The Morgan fingerprint density at radius 1 is 0.618 bits per heavy atom. The molecule has 0 bridgehead atoms. The molecule has 1 aliphatic rings. The molecule has 0 amide bonds. The predicted molar refractivity (Wildman–Crippen MR) is 119 cm³/mol. The van der Waals surface area contributed by atoms with Gasteiger partial charge in [0.1, 0.15) is 0 Å². The van der Waals surface area contributed by atoms with Gasteiger partial charge in [0.05, 0.1) is 23.3 Å². The highest BCUT2D eigenvalue weighted by atomic mass is 16.7. The molecule has 1 saturated heterocycles. The third kappa shape index (κ3) is 5.48. The van der Waals surface area contributed by atoms with Gasteiger partial charge in [-0.3, -0.25) is 0 Å². The van der Waals surface area contributed by atoms with Crippen LogP contribution in [0.3, 0.4) is 0 Å². The largest absolute Gasteiger partial charge is 0.452 e. The molecule has 0 radical (unpaired) electrons. The van der Waals surface area contributed by atoms with Crippen LogP contribution in [0.4, 0.5) is 0 Å². The van der Waals surface area contributed by atoms with Crippen LogP contribution in [0, 0.1) is 0 Å². The first kappa shape index (κ1) is 23.2. The summed E-state index contributed by atoms with van der Waals surface area (Å²) in [6.45, 7) is -0.272. The Bertz CT molecular complexity index is 1120. The van der Waals surface area contributed by atoms with Crippen molar-refractivity contribution in [3.8, 4) is 0 Å². The Hall–Kier alpha value is -4.01. The summed E-state index contributed by atoms with van der Waals surface area (Å²) in [4.78, 5) is 38.1. The van der Waals surface area contributed by atoms with Crippen LogP contribution in [-0.4, -0.2) is 54.2 Å². The summed E-state index contributed by atoms with van der Waals surface area (Å²) in [6.07, 6.45) is -5.51. The van der Waals surface area contributed by atoms with Crippen molar-refractivity contribution in [3.05, 3.63) is 108 Å². The first-order valence-corrected chi connectivity index (χ1v) is 10.6. The summed E-state index contributed by atoms with van der Waals surface area (Å²) in [5.41, 5.74) is 0.746. The summed E-state index contributed by atoms with van der Waals surface area (Å²) >= 11 is 0. The minimum absolute atomic E-state index is 0.228. The van der Waals surface area contributed by atoms with Gasteiger partial charge in [-0.2, -0.15) is 0 Å². The number of esters is 3. The lowest BCUT2D eigenvalue weighted by atomic mass is 10.0. The van der Waals surface area contributed by atoms with Crippen LogP contribution < -0.4 is 0 Å². The van der Waals surface area contributed by atoms with Crippen LogP contribution in [0.25, 0.3) is 0 Å². The van der Waals surface area contributed by atoms with E-state index in [2.05, 4.69) is 0 Å². The van der Waals surface area contributed by atoms with Gasteiger partial charge in [-0.1, -0.05) is 54.6 Å². The van der Waals surface area contributed by atoms with Crippen molar-refractivity contribution in [2.45, 2.75) is 24.6 Å². The summed E-state index contributed by atoms with van der Waals surface area (Å²) in [7, 11) is 0. The lowest BCUT2D eigenvalue weighted by molar-refractivity contribution is -0.251. The molecule has 1 N–H and O–H groups in total. The fourth-order valence-electron chi connectivity index (χ4n) is 3.44. The smallest absolute Gasteiger partial charge is 0.338 e. The van der Waals surface area contributed by atoms with Gasteiger partial charge in [0.15, 0.2) is 24.6 Å². The molecule has 0 spiro atoms. The maximum Gasteiger partial charge on any atom is 0.338 e. The number of ether oxygens (including phenoxy) is 4. The topological polar surface area (TPSA) is 108 Å². The lowest BCUT2D eigenvalue weighted by Crippen LogP contribution is -2.57. The van der Waals surface area contributed by atoms with Gasteiger partial charge in [-0.25, -0.2) is 14.4 Å². The molecule has 8 nitrogen and oxygen atoms in total. The van der Waals surface area contributed by atoms with Crippen LogP contribution in [0.2, 0.25) is 0 Å². The maximum absolute atomic E-state index is 12.8. The number of aliphatic hydroxyl groups is 1. The zero-order chi connectivity index (χ0) is 23.9. The molecule has 0 aromatic heterocycles. The normalized spacial score (nSPS) is 21.8. The number of benzene rings is 3. The third-order valence-corrected chi connectivity index (χ3v) is 5.18. The average Bonchev–Trinajstić information content (AvgIpc) is 2.89. The number of rotatable bonds is 6. The van der Waals surface area contributed by atoms with E-state index in [1.807, 2.05) is 0 Å². The van der Waals surface area contributed by atoms with E-state index in [9.17, 15) is 19.5 Å². The number of carbonyl (C=O) groups is 3. The number of hydrogen-bond donors (Lipinski definition) is 1. The van der Waals surface area contributed by atoms with E-state index in [4.69, 9.17) is 18.9 Å². The van der Waals surface area contributed by atoms with Gasteiger partial charge in [-0.15, -0.1) is 0 Å². The highest BCUT2D eigenvalue weighted by molar-refractivity contribution is 5.91. The molecule has 4 rings (SSSR count). The lowest BCUT2D eigenvalue weighted by Gasteiger charge is -2.38. The van der Waals surface area contributed by atoms with Gasteiger partial charge in [0, 0.05) is 0 Å². The van der Waals surface area contributed by atoms with E-state index < -0.39 is 42.5 Å². The van der Waals surface area contributed by atoms with E-state index in [-0.39, 0.29) is 23.3 Å². The van der Waals surface area contributed by atoms with Crippen LogP contribution in [0.1, 0.15) is 31.1 Å². The molecule has 4 atom stereocenters. The van der Waals surface area contributed by atoms with Crippen molar-refractivity contribution >= 4 is 17.9 Å². The average molecular weight is 462 g/mol. The summed E-state index contributed by atoms with van der Waals surface area (Å²) in [6, 6.07) is 24.5. The second kappa shape index (κ2) is 10.7. The zero-order valence-corrected chi connectivity index (χ0v) is 18.0. The van der Waals surface area contributed by atoms with Crippen molar-refractivity contribution in [2.75, 3.05) is 6.61 Å². The highest BCUT2D eigenvalue weighted by Crippen LogP contribution is 2.25. The van der Waals surface area contributed by atoms with Crippen molar-refractivity contribution in [1.82, 2.24) is 0 Å². The van der Waals surface area contributed by atoms with E-state index in [1.54, 1.807) is 78.9 Å². The minimum atomic E-state index is -1.60. The number of aliphatic hydroxyl groups excluding tert-OH is 1. The molecule has 34 heavy (non-hydrogen) atoms. The molecule has 0 unspecified atom stereocenters. The van der Waals surface area contributed by atoms with E-state index in [1.165, 1.54) is 12.1 Å². The Labute approximate surface area is 195 Å². The predicted octanol–water partition coefficient (Wildman–Crippen LogP) is 3.01. The third-order valence-electron chi connectivity index (χ3n) is 5.18. The molecular weight excluding hydrogens is 440 g/mol. The minimum Gasteiger partial charge on any atom is -0.452 e. The van der Waals surface area contributed by atoms with Gasteiger partial charge < -0.3 is 24.1 Å². The Morgan fingerprint density at radius 2 is 1.00 bits per heavy atom. The molecule has 1 fully saturated rings. The number of hydrogen-bond acceptors (Lipinski definition) is 8. The van der Waals surface area contributed by atoms with E-state index in [0.29, 0.717) is 0 Å². The molecule has 174 valence electrons. The number of carbonyl (C=O) groups excluding carboxylic acids is 3. The van der Waals surface area contributed by atoms with E-state index in [0.717, 1.165) is 0 Å². The first-order chi connectivity index (χ1) is 16.5. The molecule has 1 heterocycles. The van der Waals surface area contributed by atoms with Gasteiger partial charge in [0.25, 0.3) is 0 Å². The first-order valence-electron chi connectivity index (χ1n) is 10.6. The molecule has 8 heteroatoms. The second-order valence-corrected chi connectivity index (χ2v) is 7.51. The second-order valence-electron chi connectivity index (χ2n) is 7.51. The van der Waals surface area contributed by atoms with Crippen molar-refractivity contribution in [1.29, 1.82) is 0 Å². The van der Waals surface area contributed by atoms with Crippen LogP contribution in [-0.2, 0) is 18.9 Å². The van der Waals surface area contributed by atoms with Crippen molar-refractivity contribution in [2.24, 2.45) is 0 Å². The fourth-order valence-corrected chi connectivity index (χ4v) is 3.44. The summed E-state index contributed by atoms with van der Waals surface area (Å²) in [5, 5.41) is 10.5. The standard InChI is InChI=1S/C26H22O8/c27-23(17-10-4-1-5-11-17)32-20-16-31-26(30)22(34-25(29)19-14-8-3-9-15-19)21(20)33-24(28)18-12-6-2-7-13-18/h1-15,20-22,26,30H,16H2/t20-,21-,22-,26+/m1/s1. The molecule has 3 aromatic carbocycles. The quantitative estimate of drug-likeness (QED) is 0.440. The van der Waals surface area contributed by atoms with Crippen molar-refractivity contribution in [3.63, 3.8) is 0 Å². The SMILES string of the molecule is O=C(O[C@@H]1[C@H](OC(=O)c2ccccc2)[C@H](OC(=O)c2ccccc2)CO[C@@H]1O)c1ccccc1. The molecule has 1 aliphatic heterocycles. The van der Waals surface area contributed by atoms with Gasteiger partial charge in [0.2, 0.25) is 0 Å². The van der Waals surface area contributed by atoms with Crippen LogP contribution in [0.15, 0.2) is 91.0 Å². The van der Waals surface area contributed by atoms with Gasteiger partial charge in [-0.05, 0) is 36.4 Å². The Morgan fingerprint density at radius 3 is 1.44 bits per heavy atom. The maximum atomic E-state index is 12.8.